The van der Waals surface area contributed by atoms with Gasteiger partial charge in [-0.05, 0) is 32.4 Å². The van der Waals surface area contributed by atoms with Gasteiger partial charge in [-0.1, -0.05) is 12.1 Å². The summed E-state index contributed by atoms with van der Waals surface area (Å²) in [5.41, 5.74) is -1.03. The molecule has 2 N–H and O–H groups in total. The minimum Gasteiger partial charge on any atom is -0.481 e. The van der Waals surface area contributed by atoms with Crippen LogP contribution in [0.5, 0.6) is 0 Å². The first-order valence-electron chi connectivity index (χ1n) is 7.31. The van der Waals surface area contributed by atoms with Crippen LogP contribution in [0.3, 0.4) is 0 Å². The summed E-state index contributed by atoms with van der Waals surface area (Å²) in [6.07, 6.45) is 0.123. The van der Waals surface area contributed by atoms with Crippen molar-refractivity contribution in [3.63, 3.8) is 0 Å². The van der Waals surface area contributed by atoms with E-state index in [1.165, 1.54) is 36.9 Å². The van der Waals surface area contributed by atoms with Crippen molar-refractivity contribution in [1.29, 1.82) is 0 Å². The van der Waals surface area contributed by atoms with Gasteiger partial charge in [-0.15, -0.1) is 0 Å². The SMILES string of the molecule is CC(C)(CC(=O)NC1CCN(c2ccccc2F)C1=O)C(=O)O. The van der Waals surface area contributed by atoms with Crippen molar-refractivity contribution in [2.45, 2.75) is 32.7 Å². The van der Waals surface area contributed by atoms with E-state index < -0.39 is 35.1 Å². The molecular weight excluding hydrogens is 303 g/mol. The summed E-state index contributed by atoms with van der Waals surface area (Å²) in [6.45, 7) is 3.18. The molecule has 0 bridgehead atoms. The first-order chi connectivity index (χ1) is 10.7. The molecular formula is C16H19FN2O4. The lowest BCUT2D eigenvalue weighted by molar-refractivity contribution is -0.149. The van der Waals surface area contributed by atoms with E-state index in [4.69, 9.17) is 5.11 Å². The lowest BCUT2D eigenvalue weighted by Gasteiger charge is -2.20. The van der Waals surface area contributed by atoms with Crippen molar-refractivity contribution in [3.8, 4) is 0 Å². The van der Waals surface area contributed by atoms with Crippen molar-refractivity contribution in [3.05, 3.63) is 30.1 Å². The Bertz CT molecular complexity index is 645. The normalized spacial score (nSPS) is 18.1. The fourth-order valence-electron chi connectivity index (χ4n) is 2.45. The highest BCUT2D eigenvalue weighted by Crippen LogP contribution is 2.25. The first-order valence-corrected chi connectivity index (χ1v) is 7.31. The molecule has 0 spiro atoms. The summed E-state index contributed by atoms with van der Waals surface area (Å²) < 4.78 is 13.8. The lowest BCUT2D eigenvalue weighted by Crippen LogP contribution is -2.43. The Balaban J connectivity index is 2.01. The third-order valence-corrected chi connectivity index (χ3v) is 3.87. The average molecular weight is 322 g/mol. The molecule has 1 aromatic carbocycles. The topological polar surface area (TPSA) is 86.7 Å². The standard InChI is InChI=1S/C16H19FN2O4/c1-16(2,15(22)23)9-13(20)18-11-7-8-19(14(11)21)12-6-4-3-5-10(12)17/h3-6,11H,7-9H2,1-2H3,(H,18,20)(H,22,23). The van der Waals surface area contributed by atoms with E-state index in [1.54, 1.807) is 6.07 Å². The molecule has 2 amide bonds. The predicted molar refractivity (Wildman–Crippen MR) is 81.3 cm³/mol. The number of aliphatic carboxylic acids is 1. The van der Waals surface area contributed by atoms with Crippen LogP contribution in [-0.2, 0) is 14.4 Å². The number of carboxylic acid groups (broad SMARTS) is 1. The zero-order chi connectivity index (χ0) is 17.2. The molecule has 23 heavy (non-hydrogen) atoms. The van der Waals surface area contributed by atoms with E-state index in [0.29, 0.717) is 13.0 Å². The highest BCUT2D eigenvalue weighted by molar-refractivity contribution is 6.01. The predicted octanol–water partition coefficient (Wildman–Crippen LogP) is 1.55. The van der Waals surface area contributed by atoms with Crippen LogP contribution in [0.15, 0.2) is 24.3 Å². The maximum absolute atomic E-state index is 13.8. The molecule has 0 aliphatic carbocycles. The number of benzene rings is 1. The minimum absolute atomic E-state index is 0.181. The number of hydrogen-bond acceptors (Lipinski definition) is 3. The molecule has 1 aliphatic rings. The smallest absolute Gasteiger partial charge is 0.309 e. The van der Waals surface area contributed by atoms with Gasteiger partial charge in [0.1, 0.15) is 11.9 Å². The Labute approximate surface area is 133 Å². The monoisotopic (exact) mass is 322 g/mol. The van der Waals surface area contributed by atoms with Crippen LogP contribution in [0, 0.1) is 11.2 Å². The minimum atomic E-state index is -1.21. The summed E-state index contributed by atoms with van der Waals surface area (Å²) in [6, 6.07) is 5.18. The maximum atomic E-state index is 13.8. The molecule has 1 aromatic rings. The molecule has 7 heteroatoms. The number of rotatable bonds is 5. The van der Waals surface area contributed by atoms with Gasteiger partial charge in [-0.2, -0.15) is 0 Å². The highest BCUT2D eigenvalue weighted by Gasteiger charge is 2.36. The van der Waals surface area contributed by atoms with Crippen LogP contribution in [0.25, 0.3) is 0 Å². The largest absolute Gasteiger partial charge is 0.481 e. The maximum Gasteiger partial charge on any atom is 0.309 e. The zero-order valence-corrected chi connectivity index (χ0v) is 13.0. The number of nitrogens with one attached hydrogen (secondary N) is 1. The van der Waals surface area contributed by atoms with Crippen LogP contribution < -0.4 is 10.2 Å². The van der Waals surface area contributed by atoms with Gasteiger partial charge in [0.25, 0.3) is 0 Å². The second-order valence-electron chi connectivity index (χ2n) is 6.22. The summed E-state index contributed by atoms with van der Waals surface area (Å²) in [5, 5.41) is 11.6. The lowest BCUT2D eigenvalue weighted by atomic mass is 9.89. The number of halogens is 1. The van der Waals surface area contributed by atoms with Gasteiger partial charge in [0.05, 0.1) is 11.1 Å². The van der Waals surface area contributed by atoms with Gasteiger partial charge in [-0.25, -0.2) is 4.39 Å². The average Bonchev–Trinajstić information content (AvgIpc) is 2.80. The Morgan fingerprint density at radius 1 is 1.39 bits per heavy atom. The molecule has 1 unspecified atom stereocenters. The van der Waals surface area contributed by atoms with Gasteiger partial charge in [-0.3, -0.25) is 14.4 Å². The van der Waals surface area contributed by atoms with Crippen LogP contribution in [0.1, 0.15) is 26.7 Å². The van der Waals surface area contributed by atoms with Gasteiger partial charge >= 0.3 is 5.97 Å². The van der Waals surface area contributed by atoms with Gasteiger partial charge < -0.3 is 15.3 Å². The number of carbonyl (C=O) groups excluding carboxylic acids is 2. The van der Waals surface area contributed by atoms with E-state index in [1.807, 2.05) is 0 Å². The summed E-state index contributed by atoms with van der Waals surface area (Å²) in [7, 11) is 0. The number of para-hydroxylation sites is 1. The molecule has 1 heterocycles. The van der Waals surface area contributed by atoms with E-state index >= 15 is 0 Å². The molecule has 1 saturated heterocycles. The van der Waals surface area contributed by atoms with Crippen molar-refractivity contribution < 1.29 is 23.9 Å². The fourth-order valence-corrected chi connectivity index (χ4v) is 2.45. The molecule has 0 aromatic heterocycles. The van der Waals surface area contributed by atoms with Crippen LogP contribution in [0.4, 0.5) is 10.1 Å². The number of carbonyl (C=O) groups is 3. The van der Waals surface area contributed by atoms with Gasteiger partial charge in [0.2, 0.25) is 11.8 Å². The number of amides is 2. The Morgan fingerprint density at radius 2 is 2.04 bits per heavy atom. The zero-order valence-electron chi connectivity index (χ0n) is 13.0. The van der Waals surface area contributed by atoms with E-state index in [-0.39, 0.29) is 12.1 Å². The second-order valence-corrected chi connectivity index (χ2v) is 6.22. The summed E-state index contributed by atoms with van der Waals surface area (Å²) >= 11 is 0. The summed E-state index contributed by atoms with van der Waals surface area (Å²) in [4.78, 5) is 36.6. The molecule has 0 radical (unpaired) electrons. The molecule has 1 atom stereocenters. The number of nitrogens with zero attached hydrogens (tertiary/aromatic N) is 1. The first kappa shape index (κ1) is 16.9. The summed E-state index contributed by atoms with van der Waals surface area (Å²) in [5.74, 6) is -2.49. The Morgan fingerprint density at radius 3 is 2.65 bits per heavy atom. The van der Waals surface area contributed by atoms with Crippen molar-refractivity contribution in [1.82, 2.24) is 5.32 Å². The highest BCUT2D eigenvalue weighted by atomic mass is 19.1. The second kappa shape index (κ2) is 6.36. The third kappa shape index (κ3) is 3.67. The molecule has 1 aliphatic heterocycles. The van der Waals surface area contributed by atoms with Crippen molar-refractivity contribution >= 4 is 23.5 Å². The number of carboxylic acids is 1. The fraction of sp³-hybridized carbons (Fsp3) is 0.438. The molecule has 1 fully saturated rings. The van der Waals surface area contributed by atoms with Gasteiger partial charge in [0, 0.05) is 13.0 Å². The Kier molecular flexibility index (Phi) is 4.68. The third-order valence-electron chi connectivity index (χ3n) is 3.87. The molecule has 124 valence electrons. The van der Waals surface area contributed by atoms with Gasteiger partial charge in [0.15, 0.2) is 0 Å². The van der Waals surface area contributed by atoms with Crippen molar-refractivity contribution in [2.75, 3.05) is 11.4 Å². The molecule has 6 nitrogen and oxygen atoms in total. The van der Waals surface area contributed by atoms with E-state index in [0.717, 1.165) is 0 Å². The Hall–Kier alpha value is -2.44. The van der Waals surface area contributed by atoms with E-state index in [2.05, 4.69) is 5.32 Å². The van der Waals surface area contributed by atoms with Crippen LogP contribution >= 0.6 is 0 Å². The quantitative estimate of drug-likeness (QED) is 0.861. The molecule has 0 saturated carbocycles. The number of hydrogen-bond donors (Lipinski definition) is 2. The molecule has 2 rings (SSSR count). The van der Waals surface area contributed by atoms with E-state index in [9.17, 15) is 18.8 Å². The van der Waals surface area contributed by atoms with Crippen molar-refractivity contribution in [2.24, 2.45) is 5.41 Å². The van der Waals surface area contributed by atoms with Crippen LogP contribution in [0.2, 0.25) is 0 Å². The van der Waals surface area contributed by atoms with Crippen LogP contribution in [-0.4, -0.2) is 35.5 Å². The number of anilines is 1.